The number of rotatable bonds is 5. The van der Waals surface area contributed by atoms with Crippen LogP contribution in [0.25, 0.3) is 28.0 Å². The fourth-order valence-electron chi connectivity index (χ4n) is 3.71. The number of hydrogen-bond acceptors (Lipinski definition) is 6. The maximum Gasteiger partial charge on any atom is 0.266 e. The number of benzene rings is 3. The zero-order valence-electron chi connectivity index (χ0n) is 17.9. The van der Waals surface area contributed by atoms with Gasteiger partial charge in [-0.3, -0.25) is 9.36 Å². The highest BCUT2D eigenvalue weighted by molar-refractivity contribution is 7.98. The summed E-state index contributed by atoms with van der Waals surface area (Å²) in [6.45, 7) is 3.99. The number of nitrogens with zero attached hydrogens (tertiary/aromatic N) is 4. The van der Waals surface area contributed by atoms with Crippen LogP contribution >= 0.6 is 23.4 Å². The van der Waals surface area contributed by atoms with Crippen molar-refractivity contribution in [2.45, 2.75) is 24.8 Å². The lowest BCUT2D eigenvalue weighted by atomic mass is 10.1. The molecule has 0 bridgehead atoms. The molecule has 0 saturated carbocycles. The molecule has 0 radical (unpaired) electrons. The molecule has 164 valence electrons. The van der Waals surface area contributed by atoms with E-state index in [-0.39, 0.29) is 5.56 Å². The van der Waals surface area contributed by atoms with Crippen molar-refractivity contribution in [1.29, 1.82) is 0 Å². The van der Waals surface area contributed by atoms with E-state index in [1.165, 1.54) is 11.8 Å². The summed E-state index contributed by atoms with van der Waals surface area (Å²) < 4.78 is 7.53. The number of thioether (sulfide) groups is 1. The van der Waals surface area contributed by atoms with Gasteiger partial charge in [-0.15, -0.1) is 10.2 Å². The van der Waals surface area contributed by atoms with E-state index >= 15 is 0 Å². The van der Waals surface area contributed by atoms with Gasteiger partial charge in [-0.05, 0) is 61.4 Å². The van der Waals surface area contributed by atoms with Crippen molar-refractivity contribution in [3.8, 4) is 17.1 Å². The SMILES string of the molecule is Cc1cccc(C)c1-n1c(SCc2nnc(-c3ccc(Cl)cc3)o2)nc2ccccc2c1=O. The molecule has 0 aliphatic heterocycles. The molecular weight excluding hydrogens is 456 g/mol. The Balaban J connectivity index is 1.54. The predicted octanol–water partition coefficient (Wildman–Crippen LogP) is 6.00. The summed E-state index contributed by atoms with van der Waals surface area (Å²) >= 11 is 7.35. The molecule has 0 saturated heterocycles. The molecule has 33 heavy (non-hydrogen) atoms. The van der Waals surface area contributed by atoms with Crippen LogP contribution in [0.3, 0.4) is 0 Å². The van der Waals surface area contributed by atoms with E-state index < -0.39 is 0 Å². The van der Waals surface area contributed by atoms with Crippen LogP contribution in [-0.4, -0.2) is 19.7 Å². The molecule has 8 heteroatoms. The maximum atomic E-state index is 13.5. The first-order chi connectivity index (χ1) is 16.0. The van der Waals surface area contributed by atoms with Gasteiger partial charge in [0.15, 0.2) is 5.16 Å². The zero-order chi connectivity index (χ0) is 22.9. The van der Waals surface area contributed by atoms with E-state index in [4.69, 9.17) is 21.0 Å². The van der Waals surface area contributed by atoms with Gasteiger partial charge in [0.2, 0.25) is 11.8 Å². The van der Waals surface area contributed by atoms with E-state index in [2.05, 4.69) is 10.2 Å². The normalized spacial score (nSPS) is 11.2. The van der Waals surface area contributed by atoms with Gasteiger partial charge in [0.1, 0.15) is 0 Å². The van der Waals surface area contributed by atoms with Gasteiger partial charge in [0.25, 0.3) is 5.56 Å². The Labute approximate surface area is 199 Å². The first-order valence-corrected chi connectivity index (χ1v) is 11.7. The molecule has 0 unspecified atom stereocenters. The molecule has 2 aromatic heterocycles. The third kappa shape index (κ3) is 4.17. The first-order valence-electron chi connectivity index (χ1n) is 10.3. The summed E-state index contributed by atoms with van der Waals surface area (Å²) in [6, 6.07) is 20.6. The molecule has 2 heterocycles. The average Bonchev–Trinajstić information content (AvgIpc) is 3.29. The van der Waals surface area contributed by atoms with Crippen molar-refractivity contribution in [3.63, 3.8) is 0 Å². The monoisotopic (exact) mass is 474 g/mol. The number of halogens is 1. The minimum atomic E-state index is -0.104. The minimum Gasteiger partial charge on any atom is -0.420 e. The molecule has 0 N–H and O–H groups in total. The highest BCUT2D eigenvalue weighted by Crippen LogP contribution is 2.28. The number of para-hydroxylation sites is 2. The van der Waals surface area contributed by atoms with Crippen molar-refractivity contribution >= 4 is 34.3 Å². The van der Waals surface area contributed by atoms with Crippen LogP contribution in [0.2, 0.25) is 5.02 Å². The van der Waals surface area contributed by atoms with E-state index in [1.807, 2.05) is 62.4 Å². The largest absolute Gasteiger partial charge is 0.420 e. The van der Waals surface area contributed by atoms with E-state index in [9.17, 15) is 4.79 Å². The number of fused-ring (bicyclic) bond motifs is 1. The number of hydrogen-bond donors (Lipinski definition) is 0. The van der Waals surface area contributed by atoms with E-state index in [0.717, 1.165) is 22.4 Å². The second-order valence-electron chi connectivity index (χ2n) is 7.59. The summed E-state index contributed by atoms with van der Waals surface area (Å²) in [5.41, 5.74) is 4.18. The highest BCUT2D eigenvalue weighted by atomic mass is 35.5. The van der Waals surface area contributed by atoms with Crippen molar-refractivity contribution in [2.24, 2.45) is 0 Å². The predicted molar refractivity (Wildman–Crippen MR) is 131 cm³/mol. The Hall–Kier alpha value is -3.42. The van der Waals surface area contributed by atoms with Crippen LogP contribution in [0.5, 0.6) is 0 Å². The van der Waals surface area contributed by atoms with Crippen molar-refractivity contribution in [2.75, 3.05) is 0 Å². The molecule has 0 spiro atoms. The van der Waals surface area contributed by atoms with Gasteiger partial charge in [0, 0.05) is 10.6 Å². The van der Waals surface area contributed by atoms with Crippen LogP contribution in [0, 0.1) is 13.8 Å². The lowest BCUT2D eigenvalue weighted by Gasteiger charge is -2.16. The first kappa shape index (κ1) is 21.4. The maximum absolute atomic E-state index is 13.5. The molecule has 0 aliphatic rings. The molecule has 0 atom stereocenters. The number of aromatic nitrogens is 4. The van der Waals surface area contributed by atoms with Gasteiger partial charge in [-0.2, -0.15) is 0 Å². The Morgan fingerprint density at radius 2 is 1.67 bits per heavy atom. The molecule has 6 nitrogen and oxygen atoms in total. The number of aryl methyl sites for hydroxylation is 2. The summed E-state index contributed by atoms with van der Waals surface area (Å²) in [6.07, 6.45) is 0. The Morgan fingerprint density at radius 1 is 0.939 bits per heavy atom. The Bertz CT molecular complexity index is 1510. The summed E-state index contributed by atoms with van der Waals surface area (Å²) in [4.78, 5) is 18.3. The molecule has 5 rings (SSSR count). The van der Waals surface area contributed by atoms with Crippen LogP contribution in [0.1, 0.15) is 17.0 Å². The smallest absolute Gasteiger partial charge is 0.266 e. The molecule has 0 fully saturated rings. The van der Waals surface area contributed by atoms with Gasteiger partial charge >= 0.3 is 0 Å². The van der Waals surface area contributed by atoms with E-state index in [0.29, 0.717) is 38.6 Å². The van der Waals surface area contributed by atoms with Crippen LogP contribution < -0.4 is 5.56 Å². The summed E-state index contributed by atoms with van der Waals surface area (Å²) in [7, 11) is 0. The van der Waals surface area contributed by atoms with Crippen molar-refractivity contribution < 1.29 is 4.42 Å². The third-order valence-corrected chi connectivity index (χ3v) is 6.47. The van der Waals surface area contributed by atoms with E-state index in [1.54, 1.807) is 22.8 Å². The molecule has 0 amide bonds. The summed E-state index contributed by atoms with van der Waals surface area (Å²) in [5, 5.41) is 10.1. The Kier molecular flexibility index (Phi) is 5.74. The molecule has 3 aromatic carbocycles. The fraction of sp³-hybridized carbons (Fsp3) is 0.120. The van der Waals surface area contributed by atoms with Crippen LogP contribution in [0.15, 0.2) is 81.1 Å². The topological polar surface area (TPSA) is 73.8 Å². The Morgan fingerprint density at radius 3 is 2.42 bits per heavy atom. The van der Waals surface area contributed by atoms with Gasteiger partial charge in [0.05, 0.1) is 22.3 Å². The second kappa shape index (κ2) is 8.84. The van der Waals surface area contributed by atoms with Crippen molar-refractivity contribution in [3.05, 3.63) is 99.1 Å². The van der Waals surface area contributed by atoms with Gasteiger partial charge in [-0.1, -0.05) is 53.7 Å². The van der Waals surface area contributed by atoms with Gasteiger partial charge < -0.3 is 4.42 Å². The quantitative estimate of drug-likeness (QED) is 0.230. The molecule has 5 aromatic rings. The lowest BCUT2D eigenvalue weighted by molar-refractivity contribution is 0.528. The minimum absolute atomic E-state index is 0.104. The highest BCUT2D eigenvalue weighted by Gasteiger charge is 2.18. The second-order valence-corrected chi connectivity index (χ2v) is 8.97. The standard InChI is InChI=1S/C25H19ClN4O2S/c1-15-6-5-7-16(2)22(15)30-24(31)19-8-3-4-9-20(19)27-25(30)33-14-21-28-29-23(32-21)17-10-12-18(26)13-11-17/h3-13H,14H2,1-2H3. The van der Waals surface area contributed by atoms with Crippen LogP contribution in [-0.2, 0) is 5.75 Å². The fourth-order valence-corrected chi connectivity index (χ4v) is 4.67. The van der Waals surface area contributed by atoms with Gasteiger partial charge in [-0.25, -0.2) is 4.98 Å². The molecule has 0 aliphatic carbocycles. The average molecular weight is 475 g/mol. The third-order valence-electron chi connectivity index (χ3n) is 5.29. The lowest BCUT2D eigenvalue weighted by Crippen LogP contribution is -2.23. The molecular formula is C25H19ClN4O2S. The summed E-state index contributed by atoms with van der Waals surface area (Å²) in [5.74, 6) is 1.23. The zero-order valence-corrected chi connectivity index (χ0v) is 19.5. The van der Waals surface area contributed by atoms with Crippen LogP contribution in [0.4, 0.5) is 0 Å². The van der Waals surface area contributed by atoms with Crippen molar-refractivity contribution in [1.82, 2.24) is 19.7 Å².